The van der Waals surface area contributed by atoms with Crippen molar-refractivity contribution in [2.75, 3.05) is 51.8 Å². The summed E-state index contributed by atoms with van der Waals surface area (Å²) in [6.07, 6.45) is 1.36. The zero-order valence-electron chi connectivity index (χ0n) is 9.91. The minimum Gasteiger partial charge on any atom is -0.312 e. The molecule has 4 heteroatoms. The maximum absolute atomic E-state index is 3.71. The molecule has 0 spiro atoms. The molecule has 3 nitrogen and oxygen atoms in total. The molecule has 1 N–H and O–H groups in total. The van der Waals surface area contributed by atoms with E-state index in [-0.39, 0.29) is 0 Å². The van der Waals surface area contributed by atoms with Crippen molar-refractivity contribution < 1.29 is 0 Å². The zero-order valence-corrected chi connectivity index (χ0v) is 10.7. The lowest BCUT2D eigenvalue weighted by molar-refractivity contribution is 0.112. The third-order valence-corrected chi connectivity index (χ3v) is 4.71. The molecule has 2 aliphatic heterocycles. The highest BCUT2D eigenvalue weighted by Gasteiger charge is 2.23. The van der Waals surface area contributed by atoms with Gasteiger partial charge in [-0.05, 0) is 26.3 Å². The van der Waals surface area contributed by atoms with Crippen molar-refractivity contribution in [1.29, 1.82) is 0 Å². The summed E-state index contributed by atoms with van der Waals surface area (Å²) in [6, 6.07) is 1.48. The van der Waals surface area contributed by atoms with Gasteiger partial charge in [0, 0.05) is 44.0 Å². The molecule has 0 amide bonds. The van der Waals surface area contributed by atoms with Gasteiger partial charge in [0.25, 0.3) is 0 Å². The first-order chi connectivity index (χ1) is 7.25. The fraction of sp³-hybridized carbons (Fsp3) is 1.00. The Balaban J connectivity index is 1.72. The van der Waals surface area contributed by atoms with Gasteiger partial charge in [0.1, 0.15) is 0 Å². The number of hydrogen-bond donors (Lipinski definition) is 1. The van der Waals surface area contributed by atoms with Gasteiger partial charge in [-0.2, -0.15) is 11.8 Å². The molecule has 0 aromatic heterocycles. The molecular formula is C11H23N3S. The van der Waals surface area contributed by atoms with Crippen LogP contribution in [0.2, 0.25) is 0 Å². The standard InChI is InChI=1S/C11H23N3S/c1-13-4-5-14(2)11(8-13)7-12-10-3-6-15-9-10/h10-12H,3-9H2,1-2H3. The number of hydrogen-bond acceptors (Lipinski definition) is 4. The molecule has 2 rings (SSSR count). The topological polar surface area (TPSA) is 18.5 Å². The third kappa shape index (κ3) is 3.34. The van der Waals surface area contributed by atoms with Gasteiger partial charge in [0.2, 0.25) is 0 Å². The van der Waals surface area contributed by atoms with Gasteiger partial charge >= 0.3 is 0 Å². The van der Waals surface area contributed by atoms with Crippen LogP contribution in [0.25, 0.3) is 0 Å². The zero-order chi connectivity index (χ0) is 10.7. The highest BCUT2D eigenvalue weighted by atomic mass is 32.2. The normalized spacial score (nSPS) is 34.8. The average molecular weight is 229 g/mol. The maximum atomic E-state index is 3.71. The summed E-state index contributed by atoms with van der Waals surface area (Å²) in [4.78, 5) is 4.94. The van der Waals surface area contributed by atoms with E-state index in [0.29, 0.717) is 6.04 Å². The van der Waals surface area contributed by atoms with E-state index in [1.807, 2.05) is 0 Å². The van der Waals surface area contributed by atoms with Crippen molar-refractivity contribution in [3.63, 3.8) is 0 Å². The van der Waals surface area contributed by atoms with Crippen LogP contribution in [0.5, 0.6) is 0 Å². The molecule has 0 saturated carbocycles. The van der Waals surface area contributed by atoms with Crippen LogP contribution in [-0.4, -0.2) is 73.7 Å². The molecule has 2 saturated heterocycles. The molecule has 0 radical (unpaired) electrons. The first-order valence-corrected chi connectivity index (χ1v) is 7.11. The van der Waals surface area contributed by atoms with Crippen LogP contribution < -0.4 is 5.32 Å². The second kappa shape index (κ2) is 5.53. The van der Waals surface area contributed by atoms with Crippen molar-refractivity contribution in [3.8, 4) is 0 Å². The fourth-order valence-electron chi connectivity index (χ4n) is 2.32. The second-order valence-electron chi connectivity index (χ2n) is 4.87. The molecule has 0 aromatic carbocycles. The smallest absolute Gasteiger partial charge is 0.0345 e. The predicted octanol–water partition coefficient (Wildman–Crippen LogP) is 0.327. The first kappa shape index (κ1) is 11.7. The SMILES string of the molecule is CN1CCN(C)C(CNC2CCSC2)C1. The lowest BCUT2D eigenvalue weighted by atomic mass is 10.1. The predicted molar refractivity (Wildman–Crippen MR) is 67.6 cm³/mol. The van der Waals surface area contributed by atoms with Gasteiger partial charge in [-0.15, -0.1) is 0 Å². The largest absolute Gasteiger partial charge is 0.312 e. The molecule has 15 heavy (non-hydrogen) atoms. The number of likely N-dealkylation sites (N-methyl/N-ethyl adjacent to an activating group) is 2. The molecule has 2 fully saturated rings. The number of thioether (sulfide) groups is 1. The van der Waals surface area contributed by atoms with E-state index in [9.17, 15) is 0 Å². The van der Waals surface area contributed by atoms with Crippen LogP contribution in [-0.2, 0) is 0 Å². The minimum absolute atomic E-state index is 0.703. The number of rotatable bonds is 3. The Bertz CT molecular complexity index is 194. The number of piperazine rings is 1. The lowest BCUT2D eigenvalue weighted by Crippen LogP contribution is -2.54. The van der Waals surface area contributed by atoms with Crippen molar-refractivity contribution in [3.05, 3.63) is 0 Å². The fourth-order valence-corrected chi connectivity index (χ4v) is 3.51. The molecular weight excluding hydrogens is 206 g/mol. The first-order valence-electron chi connectivity index (χ1n) is 5.95. The van der Waals surface area contributed by atoms with E-state index < -0.39 is 0 Å². The Labute approximate surface area is 97.6 Å². The van der Waals surface area contributed by atoms with Crippen molar-refractivity contribution in [1.82, 2.24) is 15.1 Å². The minimum atomic E-state index is 0.703. The van der Waals surface area contributed by atoms with Gasteiger partial charge in [0.05, 0.1) is 0 Å². The van der Waals surface area contributed by atoms with Crippen LogP contribution >= 0.6 is 11.8 Å². The molecule has 0 aromatic rings. The van der Waals surface area contributed by atoms with E-state index in [1.54, 1.807) is 0 Å². The van der Waals surface area contributed by atoms with Gasteiger partial charge in [0.15, 0.2) is 0 Å². The Hall–Kier alpha value is 0.230. The molecule has 0 bridgehead atoms. The maximum Gasteiger partial charge on any atom is 0.0345 e. The lowest BCUT2D eigenvalue weighted by Gasteiger charge is -2.38. The Morgan fingerprint density at radius 2 is 2.20 bits per heavy atom. The summed E-state index contributed by atoms with van der Waals surface area (Å²) in [5.74, 6) is 2.66. The molecule has 2 unspecified atom stereocenters. The van der Waals surface area contributed by atoms with Gasteiger partial charge < -0.3 is 10.2 Å². The second-order valence-corrected chi connectivity index (χ2v) is 6.02. The summed E-state index contributed by atoms with van der Waals surface area (Å²) in [5.41, 5.74) is 0. The van der Waals surface area contributed by atoms with Crippen LogP contribution in [0, 0.1) is 0 Å². The van der Waals surface area contributed by atoms with Crippen molar-refractivity contribution >= 4 is 11.8 Å². The highest BCUT2D eigenvalue weighted by molar-refractivity contribution is 7.99. The summed E-state index contributed by atoms with van der Waals surface area (Å²) >= 11 is 2.08. The van der Waals surface area contributed by atoms with Crippen molar-refractivity contribution in [2.45, 2.75) is 18.5 Å². The molecule has 2 heterocycles. The van der Waals surface area contributed by atoms with E-state index in [4.69, 9.17) is 0 Å². The summed E-state index contributed by atoms with van der Waals surface area (Å²) in [5, 5.41) is 3.71. The van der Waals surface area contributed by atoms with E-state index in [2.05, 4.69) is 41.0 Å². The molecule has 2 atom stereocenters. The summed E-state index contributed by atoms with van der Waals surface area (Å²) < 4.78 is 0. The Morgan fingerprint density at radius 3 is 2.93 bits per heavy atom. The number of nitrogens with one attached hydrogen (secondary N) is 1. The Kier molecular flexibility index (Phi) is 4.31. The quantitative estimate of drug-likeness (QED) is 0.751. The van der Waals surface area contributed by atoms with Gasteiger partial charge in [-0.25, -0.2) is 0 Å². The van der Waals surface area contributed by atoms with Gasteiger partial charge in [-0.1, -0.05) is 0 Å². The molecule has 0 aliphatic carbocycles. The Morgan fingerprint density at radius 1 is 1.33 bits per heavy atom. The average Bonchev–Trinajstić information content (AvgIpc) is 2.72. The van der Waals surface area contributed by atoms with Crippen molar-refractivity contribution in [2.24, 2.45) is 0 Å². The van der Waals surface area contributed by atoms with E-state index in [1.165, 1.54) is 37.6 Å². The van der Waals surface area contributed by atoms with Crippen LogP contribution in [0.4, 0.5) is 0 Å². The molecule has 2 aliphatic rings. The van der Waals surface area contributed by atoms with E-state index in [0.717, 1.165) is 12.6 Å². The van der Waals surface area contributed by atoms with Crippen LogP contribution in [0.1, 0.15) is 6.42 Å². The molecule has 88 valence electrons. The summed E-state index contributed by atoms with van der Waals surface area (Å²) in [6.45, 7) is 4.80. The van der Waals surface area contributed by atoms with E-state index >= 15 is 0 Å². The van der Waals surface area contributed by atoms with Gasteiger partial charge in [-0.3, -0.25) is 4.90 Å². The summed E-state index contributed by atoms with van der Waals surface area (Å²) in [7, 11) is 4.48. The van der Waals surface area contributed by atoms with Crippen LogP contribution in [0.3, 0.4) is 0 Å². The third-order valence-electron chi connectivity index (χ3n) is 3.55. The monoisotopic (exact) mass is 229 g/mol. The van der Waals surface area contributed by atoms with Crippen LogP contribution in [0.15, 0.2) is 0 Å². The highest BCUT2D eigenvalue weighted by Crippen LogP contribution is 2.17. The number of nitrogens with zero attached hydrogens (tertiary/aromatic N) is 2.